The van der Waals surface area contributed by atoms with Gasteiger partial charge in [-0.05, 0) is 37.8 Å². The predicted octanol–water partition coefficient (Wildman–Crippen LogP) is 3.36. The molecule has 0 aliphatic heterocycles. The first-order chi connectivity index (χ1) is 10.2. The zero-order valence-electron chi connectivity index (χ0n) is 12.3. The zero-order valence-corrected chi connectivity index (χ0v) is 13.1. The number of esters is 1. The summed E-state index contributed by atoms with van der Waals surface area (Å²) in [4.78, 5) is 22.4. The van der Waals surface area contributed by atoms with E-state index in [1.54, 1.807) is 17.5 Å². The molecule has 1 aliphatic rings. The molecular formula is C16H18N2O2S. The van der Waals surface area contributed by atoms with Crippen LogP contribution in [0.15, 0.2) is 18.3 Å². The third-order valence-corrected chi connectivity index (χ3v) is 4.90. The van der Waals surface area contributed by atoms with E-state index >= 15 is 0 Å². The third kappa shape index (κ3) is 2.58. The van der Waals surface area contributed by atoms with Gasteiger partial charge in [-0.15, -0.1) is 11.3 Å². The molecule has 0 radical (unpaired) electrons. The van der Waals surface area contributed by atoms with Gasteiger partial charge >= 0.3 is 5.97 Å². The molecule has 2 aromatic heterocycles. The van der Waals surface area contributed by atoms with Crippen LogP contribution in [0.1, 0.15) is 42.3 Å². The summed E-state index contributed by atoms with van der Waals surface area (Å²) in [6.07, 6.45) is 4.44. The van der Waals surface area contributed by atoms with Crippen LogP contribution >= 0.6 is 11.3 Å². The number of nitrogens with zero attached hydrogens (tertiary/aromatic N) is 2. The second-order valence-electron chi connectivity index (χ2n) is 5.04. The highest BCUT2D eigenvalue weighted by atomic mass is 32.1. The third-order valence-electron chi connectivity index (χ3n) is 3.76. The maximum absolute atomic E-state index is 12.0. The highest BCUT2D eigenvalue weighted by molar-refractivity contribution is 7.15. The molecule has 0 amide bonds. The van der Waals surface area contributed by atoms with Crippen molar-refractivity contribution in [1.29, 1.82) is 0 Å². The molecule has 3 rings (SSSR count). The van der Waals surface area contributed by atoms with Gasteiger partial charge in [0.15, 0.2) is 0 Å². The number of ether oxygens (including phenoxy) is 1. The number of aromatic nitrogens is 2. The fraction of sp³-hybridized carbons (Fsp3) is 0.438. The van der Waals surface area contributed by atoms with Gasteiger partial charge in [0.2, 0.25) is 0 Å². The Morgan fingerprint density at radius 2 is 2.33 bits per heavy atom. The van der Waals surface area contributed by atoms with Crippen molar-refractivity contribution in [1.82, 2.24) is 9.97 Å². The van der Waals surface area contributed by atoms with Gasteiger partial charge < -0.3 is 4.74 Å². The highest BCUT2D eigenvalue weighted by Crippen LogP contribution is 2.40. The number of aryl methyl sites for hydroxylation is 2. The van der Waals surface area contributed by atoms with Crippen molar-refractivity contribution in [3.8, 4) is 10.7 Å². The number of carbonyl (C=O) groups is 1. The summed E-state index contributed by atoms with van der Waals surface area (Å²) in [6.45, 7) is 4.37. The number of thiazole rings is 1. The minimum atomic E-state index is -0.196. The molecule has 21 heavy (non-hydrogen) atoms. The summed E-state index contributed by atoms with van der Waals surface area (Å²) in [5.41, 5.74) is 3.04. The van der Waals surface area contributed by atoms with Crippen LogP contribution in [0, 0.1) is 0 Å². The van der Waals surface area contributed by atoms with Gasteiger partial charge in [0, 0.05) is 11.1 Å². The summed E-state index contributed by atoms with van der Waals surface area (Å²) in [5, 5.41) is 0.923. The van der Waals surface area contributed by atoms with Crippen LogP contribution in [0.25, 0.3) is 10.7 Å². The topological polar surface area (TPSA) is 52.1 Å². The van der Waals surface area contributed by atoms with Gasteiger partial charge in [0.05, 0.1) is 12.3 Å². The van der Waals surface area contributed by atoms with E-state index in [4.69, 9.17) is 9.72 Å². The highest BCUT2D eigenvalue weighted by Gasteiger charge is 2.34. The fourth-order valence-electron chi connectivity index (χ4n) is 2.72. The minimum absolute atomic E-state index is 0.148. The van der Waals surface area contributed by atoms with Gasteiger partial charge in [0.1, 0.15) is 16.6 Å². The van der Waals surface area contributed by atoms with Crippen molar-refractivity contribution >= 4 is 17.3 Å². The Morgan fingerprint density at radius 3 is 3.10 bits per heavy atom. The summed E-state index contributed by atoms with van der Waals surface area (Å²) >= 11 is 1.66. The molecule has 5 heteroatoms. The van der Waals surface area contributed by atoms with E-state index in [0.29, 0.717) is 6.61 Å². The Balaban J connectivity index is 1.95. The number of fused-ring (bicyclic) bond motifs is 1. The van der Waals surface area contributed by atoms with Crippen LogP contribution in [0.2, 0.25) is 0 Å². The second kappa shape index (κ2) is 5.93. The van der Waals surface area contributed by atoms with Crippen molar-refractivity contribution in [2.45, 2.75) is 39.0 Å². The molecule has 2 aromatic rings. The Hall–Kier alpha value is -1.75. The Morgan fingerprint density at radius 1 is 1.48 bits per heavy atom. The second-order valence-corrected chi connectivity index (χ2v) is 6.12. The molecule has 4 nitrogen and oxygen atoms in total. The van der Waals surface area contributed by atoms with Crippen molar-refractivity contribution in [2.75, 3.05) is 6.61 Å². The first-order valence-corrected chi connectivity index (χ1v) is 8.16. The average molecular weight is 302 g/mol. The molecule has 110 valence electrons. The lowest BCUT2D eigenvalue weighted by molar-refractivity contribution is -0.145. The molecule has 0 N–H and O–H groups in total. The molecular weight excluding hydrogens is 284 g/mol. The maximum atomic E-state index is 12.0. The van der Waals surface area contributed by atoms with Crippen molar-refractivity contribution in [2.24, 2.45) is 0 Å². The largest absolute Gasteiger partial charge is 0.465 e. The van der Waals surface area contributed by atoms with Gasteiger partial charge in [0.25, 0.3) is 0 Å². The Kier molecular flexibility index (Phi) is 4.01. The van der Waals surface area contributed by atoms with Crippen LogP contribution < -0.4 is 0 Å². The Bertz CT molecular complexity index is 666. The van der Waals surface area contributed by atoms with Gasteiger partial charge in [-0.25, -0.2) is 4.98 Å². The number of pyridine rings is 1. The molecule has 0 saturated carbocycles. The summed E-state index contributed by atoms with van der Waals surface area (Å²) < 4.78 is 5.15. The van der Waals surface area contributed by atoms with E-state index in [2.05, 4.69) is 18.0 Å². The molecule has 1 unspecified atom stereocenters. The first-order valence-electron chi connectivity index (χ1n) is 7.35. The van der Waals surface area contributed by atoms with Crippen LogP contribution in [0.3, 0.4) is 0 Å². The number of rotatable bonds is 4. The van der Waals surface area contributed by atoms with E-state index in [1.807, 2.05) is 13.0 Å². The molecule has 1 aliphatic carbocycles. The van der Waals surface area contributed by atoms with E-state index in [0.717, 1.165) is 35.7 Å². The van der Waals surface area contributed by atoms with Crippen LogP contribution in [0.5, 0.6) is 0 Å². The standard InChI is InChI=1S/C16H18N2O2S/c1-3-10-6-5-9-17-13(10)15-18-14-11(16(19)20-4-2)7-8-12(14)21-15/h5-6,9,11H,3-4,7-8H2,1-2H3. The lowest BCUT2D eigenvalue weighted by Crippen LogP contribution is -2.14. The average Bonchev–Trinajstić information content (AvgIpc) is 3.07. The van der Waals surface area contributed by atoms with Crippen LogP contribution in [0.4, 0.5) is 0 Å². The van der Waals surface area contributed by atoms with Gasteiger partial charge in [-0.1, -0.05) is 13.0 Å². The lowest BCUT2D eigenvalue weighted by atomic mass is 10.1. The molecule has 2 heterocycles. The van der Waals surface area contributed by atoms with E-state index < -0.39 is 0 Å². The van der Waals surface area contributed by atoms with Crippen molar-refractivity contribution in [3.63, 3.8) is 0 Å². The maximum Gasteiger partial charge on any atom is 0.315 e. The Labute approximate surface area is 128 Å². The quantitative estimate of drug-likeness (QED) is 0.813. The molecule has 1 atom stereocenters. The molecule has 0 fully saturated rings. The molecule has 0 spiro atoms. The van der Waals surface area contributed by atoms with E-state index in [-0.39, 0.29) is 11.9 Å². The monoisotopic (exact) mass is 302 g/mol. The number of carbonyl (C=O) groups excluding carboxylic acids is 1. The van der Waals surface area contributed by atoms with Crippen molar-refractivity contribution < 1.29 is 9.53 Å². The van der Waals surface area contributed by atoms with E-state index in [9.17, 15) is 4.79 Å². The molecule has 0 saturated heterocycles. The van der Waals surface area contributed by atoms with Gasteiger partial charge in [-0.2, -0.15) is 0 Å². The first kappa shape index (κ1) is 14.2. The summed E-state index contributed by atoms with van der Waals surface area (Å²) in [7, 11) is 0. The number of hydrogen-bond acceptors (Lipinski definition) is 5. The smallest absolute Gasteiger partial charge is 0.315 e. The van der Waals surface area contributed by atoms with Gasteiger partial charge in [-0.3, -0.25) is 9.78 Å². The molecule has 0 bridgehead atoms. The lowest BCUT2D eigenvalue weighted by Gasteiger charge is -2.08. The summed E-state index contributed by atoms with van der Waals surface area (Å²) in [6, 6.07) is 4.03. The molecule has 0 aromatic carbocycles. The predicted molar refractivity (Wildman–Crippen MR) is 82.4 cm³/mol. The number of hydrogen-bond donors (Lipinski definition) is 0. The zero-order chi connectivity index (χ0) is 14.8. The van der Waals surface area contributed by atoms with Crippen LogP contribution in [-0.4, -0.2) is 22.5 Å². The fourth-order valence-corrected chi connectivity index (χ4v) is 3.89. The van der Waals surface area contributed by atoms with Crippen molar-refractivity contribution in [3.05, 3.63) is 34.5 Å². The minimum Gasteiger partial charge on any atom is -0.465 e. The summed E-state index contributed by atoms with van der Waals surface area (Å²) in [5.74, 6) is -0.344. The van der Waals surface area contributed by atoms with E-state index in [1.165, 1.54) is 10.4 Å². The normalized spacial score (nSPS) is 16.8. The van der Waals surface area contributed by atoms with Crippen LogP contribution in [-0.2, 0) is 22.4 Å². The SMILES string of the molecule is CCOC(=O)C1CCc2sc(-c3ncccc3CC)nc21.